The molecule has 0 N–H and O–H groups in total. The zero-order valence-corrected chi connectivity index (χ0v) is 26.0. The van der Waals surface area contributed by atoms with E-state index in [1.54, 1.807) is 0 Å². The van der Waals surface area contributed by atoms with Crippen molar-refractivity contribution in [3.63, 3.8) is 0 Å². The molecule has 9 rings (SSSR count). The molecule has 0 spiro atoms. The van der Waals surface area contributed by atoms with Crippen molar-refractivity contribution in [2.45, 2.75) is 18.8 Å². The third-order valence-corrected chi connectivity index (χ3v) is 10.4. The molecular formula is C43H29Br. The van der Waals surface area contributed by atoms with E-state index >= 15 is 0 Å². The topological polar surface area (TPSA) is 0 Å². The van der Waals surface area contributed by atoms with Crippen molar-refractivity contribution in [2.24, 2.45) is 0 Å². The molecule has 1 aliphatic carbocycles. The van der Waals surface area contributed by atoms with E-state index in [9.17, 15) is 0 Å². The van der Waals surface area contributed by atoms with Gasteiger partial charge in [-0.15, -0.1) is 0 Å². The van der Waals surface area contributed by atoms with Crippen LogP contribution in [0.15, 0.2) is 150 Å². The normalized spacial score (nSPS) is 15.7. The van der Waals surface area contributed by atoms with Gasteiger partial charge in [0.2, 0.25) is 0 Å². The Morgan fingerprint density at radius 1 is 0.477 bits per heavy atom. The van der Waals surface area contributed by atoms with Crippen molar-refractivity contribution in [1.29, 1.82) is 0 Å². The van der Waals surface area contributed by atoms with Gasteiger partial charge >= 0.3 is 0 Å². The first-order valence-corrected chi connectivity index (χ1v) is 16.1. The summed E-state index contributed by atoms with van der Waals surface area (Å²) in [5.74, 6) is 0. The summed E-state index contributed by atoms with van der Waals surface area (Å²) in [5, 5.41) is 10.3. The van der Waals surface area contributed by atoms with E-state index in [0.29, 0.717) is 0 Å². The number of rotatable bonds is 3. The number of fused-ring (bicyclic) bond motifs is 7. The minimum Gasteiger partial charge on any atom is -0.0616 e. The summed E-state index contributed by atoms with van der Waals surface area (Å²) in [6, 6.07) is 54.3. The fourth-order valence-electron chi connectivity index (χ4n) is 7.75. The molecule has 8 aromatic carbocycles. The maximum atomic E-state index is 3.81. The van der Waals surface area contributed by atoms with Gasteiger partial charge in [0.05, 0.1) is 0 Å². The maximum absolute atomic E-state index is 3.81. The van der Waals surface area contributed by atoms with Gasteiger partial charge in [-0.05, 0) is 125 Å². The highest BCUT2D eigenvalue weighted by Gasteiger charge is 2.40. The lowest BCUT2D eigenvalue weighted by Gasteiger charge is -2.28. The zero-order valence-electron chi connectivity index (χ0n) is 24.4. The molecule has 1 heteroatoms. The van der Waals surface area contributed by atoms with Gasteiger partial charge < -0.3 is 0 Å². The second kappa shape index (κ2) is 9.64. The van der Waals surface area contributed by atoms with Gasteiger partial charge in [0, 0.05) is 9.89 Å². The molecule has 0 aliphatic heterocycles. The molecule has 1 aliphatic rings. The van der Waals surface area contributed by atoms with Crippen molar-refractivity contribution in [1.82, 2.24) is 0 Å². The van der Waals surface area contributed by atoms with Gasteiger partial charge in [0.1, 0.15) is 0 Å². The molecule has 0 fully saturated rings. The number of benzene rings is 8. The van der Waals surface area contributed by atoms with E-state index in [4.69, 9.17) is 0 Å². The lowest BCUT2D eigenvalue weighted by Crippen LogP contribution is -2.24. The molecule has 0 nitrogen and oxygen atoms in total. The van der Waals surface area contributed by atoms with E-state index in [-0.39, 0.29) is 5.41 Å². The van der Waals surface area contributed by atoms with Crippen LogP contribution in [0.3, 0.4) is 0 Å². The summed E-state index contributed by atoms with van der Waals surface area (Å²) in [6.07, 6.45) is 0.935. The van der Waals surface area contributed by atoms with Crippen molar-refractivity contribution in [3.8, 4) is 22.3 Å². The van der Waals surface area contributed by atoms with Crippen LogP contribution in [0, 0.1) is 0 Å². The van der Waals surface area contributed by atoms with E-state index in [2.05, 4.69) is 168 Å². The zero-order chi connectivity index (χ0) is 29.4. The first-order chi connectivity index (χ1) is 21.5. The molecule has 0 bridgehead atoms. The third-order valence-electron chi connectivity index (χ3n) is 9.87. The highest BCUT2D eigenvalue weighted by atomic mass is 79.9. The molecule has 1 unspecified atom stereocenters. The largest absolute Gasteiger partial charge is 0.0616 e. The van der Waals surface area contributed by atoms with Crippen LogP contribution in [0.1, 0.15) is 23.6 Å². The smallest absolute Gasteiger partial charge is 0.0227 e. The van der Waals surface area contributed by atoms with Crippen molar-refractivity contribution in [3.05, 3.63) is 167 Å². The van der Waals surface area contributed by atoms with Crippen LogP contribution < -0.4 is 0 Å². The van der Waals surface area contributed by atoms with E-state index in [1.165, 1.54) is 82.0 Å². The Morgan fingerprint density at radius 3 is 1.93 bits per heavy atom. The summed E-state index contributed by atoms with van der Waals surface area (Å²) in [6.45, 7) is 2.44. The lowest BCUT2D eigenvalue weighted by molar-refractivity contribution is 0.583. The van der Waals surface area contributed by atoms with Gasteiger partial charge in [-0.2, -0.15) is 0 Å². The van der Waals surface area contributed by atoms with Gasteiger partial charge in [-0.1, -0.05) is 132 Å². The number of halogens is 1. The monoisotopic (exact) mass is 624 g/mol. The Morgan fingerprint density at radius 2 is 1.14 bits per heavy atom. The first kappa shape index (κ1) is 25.7. The molecule has 0 radical (unpaired) electrons. The van der Waals surface area contributed by atoms with Crippen LogP contribution >= 0.6 is 15.9 Å². The average Bonchev–Trinajstić information content (AvgIpc) is 3.28. The maximum Gasteiger partial charge on any atom is 0.0227 e. The van der Waals surface area contributed by atoms with Gasteiger partial charge in [0.15, 0.2) is 0 Å². The fraction of sp³-hybridized carbons (Fsp3) is 0.0698. The van der Waals surface area contributed by atoms with Crippen LogP contribution in [0.25, 0.3) is 65.3 Å². The van der Waals surface area contributed by atoms with E-state index < -0.39 is 0 Å². The van der Waals surface area contributed by atoms with Gasteiger partial charge in [0.25, 0.3) is 0 Å². The molecule has 0 aromatic heterocycles. The molecule has 0 saturated carbocycles. The molecule has 1 atom stereocenters. The molecule has 208 valence electrons. The standard InChI is InChI=1S/C43H29Br/c1-43(26-27-14-15-28-8-2-4-10-30(28)20-27)40-23-34-22-32-12-6-7-13-36(32)42(33-17-16-29-9-3-5-11-31(29)21-33)38(34)25-39(40)37-19-18-35(44)24-41(37)43/h2-25H,26H2,1H3. The third kappa shape index (κ3) is 3.89. The minimum atomic E-state index is -0.167. The summed E-state index contributed by atoms with van der Waals surface area (Å²) in [4.78, 5) is 0. The SMILES string of the molecule is CC1(Cc2ccc3ccccc3c2)c2cc(Br)ccc2-c2cc3c(-c4ccc5ccccc5c4)c4ccccc4cc3cc21. The Hall–Kier alpha value is -4.72. The predicted molar refractivity (Wildman–Crippen MR) is 192 cm³/mol. The van der Waals surface area contributed by atoms with Crippen molar-refractivity contribution < 1.29 is 0 Å². The highest BCUT2D eigenvalue weighted by molar-refractivity contribution is 9.10. The molecule has 44 heavy (non-hydrogen) atoms. The highest BCUT2D eigenvalue weighted by Crippen LogP contribution is 2.53. The second-order valence-corrected chi connectivity index (χ2v) is 13.4. The Labute approximate surface area is 265 Å². The van der Waals surface area contributed by atoms with Crippen LogP contribution in [-0.4, -0.2) is 0 Å². The molecule has 0 saturated heterocycles. The second-order valence-electron chi connectivity index (χ2n) is 12.5. The average molecular weight is 626 g/mol. The predicted octanol–water partition coefficient (Wildman–Crippen LogP) is 12.3. The van der Waals surface area contributed by atoms with Gasteiger partial charge in [-0.3, -0.25) is 0 Å². The minimum absolute atomic E-state index is 0.167. The van der Waals surface area contributed by atoms with Crippen LogP contribution in [0.5, 0.6) is 0 Å². The molecular weight excluding hydrogens is 596 g/mol. The van der Waals surface area contributed by atoms with Crippen molar-refractivity contribution >= 4 is 59.0 Å². The molecule has 8 aromatic rings. The Bertz CT molecular complexity index is 2450. The Balaban J connectivity index is 1.31. The van der Waals surface area contributed by atoms with Crippen LogP contribution in [0.4, 0.5) is 0 Å². The molecule has 0 heterocycles. The number of hydrogen-bond acceptors (Lipinski definition) is 0. The summed E-state index contributed by atoms with van der Waals surface area (Å²) in [7, 11) is 0. The van der Waals surface area contributed by atoms with E-state index in [0.717, 1.165) is 10.9 Å². The Kier molecular flexibility index (Phi) is 5.64. The summed E-state index contributed by atoms with van der Waals surface area (Å²) < 4.78 is 1.13. The molecule has 0 amide bonds. The number of hydrogen-bond donors (Lipinski definition) is 0. The van der Waals surface area contributed by atoms with Gasteiger partial charge in [-0.25, -0.2) is 0 Å². The fourth-order valence-corrected chi connectivity index (χ4v) is 8.11. The summed E-state index contributed by atoms with van der Waals surface area (Å²) in [5.41, 5.74) is 9.26. The lowest BCUT2D eigenvalue weighted by atomic mass is 9.74. The van der Waals surface area contributed by atoms with Crippen LogP contribution in [0.2, 0.25) is 0 Å². The quantitative estimate of drug-likeness (QED) is 0.171. The van der Waals surface area contributed by atoms with Crippen molar-refractivity contribution in [2.75, 3.05) is 0 Å². The van der Waals surface area contributed by atoms with E-state index in [1.807, 2.05) is 0 Å². The van der Waals surface area contributed by atoms with Crippen LogP contribution in [-0.2, 0) is 11.8 Å². The summed E-state index contributed by atoms with van der Waals surface area (Å²) >= 11 is 3.81. The first-order valence-electron chi connectivity index (χ1n) is 15.3.